The summed E-state index contributed by atoms with van der Waals surface area (Å²) in [7, 11) is 0. The van der Waals surface area contributed by atoms with Crippen molar-refractivity contribution in [1.29, 1.82) is 0 Å². The summed E-state index contributed by atoms with van der Waals surface area (Å²) in [6, 6.07) is 0. The Morgan fingerprint density at radius 2 is 2.00 bits per heavy atom. The molecular formula is C4H12BN. The molecule has 0 aromatic heterocycles. The van der Waals surface area contributed by atoms with E-state index >= 15 is 0 Å². The third kappa shape index (κ3) is 8.98. The molecule has 0 bridgehead atoms. The summed E-state index contributed by atoms with van der Waals surface area (Å²) in [5.74, 6) is 0. The van der Waals surface area contributed by atoms with E-state index in [1.807, 2.05) is 0 Å². The van der Waals surface area contributed by atoms with E-state index in [0.29, 0.717) is 0 Å². The van der Waals surface area contributed by atoms with Crippen molar-refractivity contribution in [3.05, 3.63) is 0 Å². The highest BCUT2D eigenvalue weighted by atomic mass is 14.5. The molecule has 4 radical (unpaired) electrons. The van der Waals surface area contributed by atoms with Gasteiger partial charge in [-0.3, -0.25) is 0 Å². The van der Waals surface area contributed by atoms with E-state index in [-0.39, 0.29) is 8.41 Å². The van der Waals surface area contributed by atoms with Crippen molar-refractivity contribution in [3.63, 3.8) is 0 Å². The molecule has 0 saturated carbocycles. The van der Waals surface area contributed by atoms with Gasteiger partial charge in [0, 0.05) is 0 Å². The zero-order chi connectivity index (χ0) is 4.12. The third-order valence-corrected chi connectivity index (χ3v) is 0.604. The Hall–Kier alpha value is 0.0249. The SMILES string of the molecule is CCCC[NH3+].[B-]. The van der Waals surface area contributed by atoms with Gasteiger partial charge in [-0.05, 0) is 6.42 Å². The summed E-state index contributed by atoms with van der Waals surface area (Å²) < 4.78 is 0. The minimum atomic E-state index is 0. The summed E-state index contributed by atoms with van der Waals surface area (Å²) in [6.07, 6.45) is 2.56. The predicted molar refractivity (Wildman–Crippen MR) is 28.4 cm³/mol. The molecule has 3 N–H and O–H groups in total. The molecule has 0 saturated heterocycles. The smallest absolute Gasteiger partial charge is 0.0739 e. The molecule has 0 rings (SSSR count). The van der Waals surface area contributed by atoms with Gasteiger partial charge in [0.15, 0.2) is 0 Å². The molecule has 0 aromatic rings. The fourth-order valence-corrected chi connectivity index (χ4v) is 0.250. The van der Waals surface area contributed by atoms with E-state index < -0.39 is 0 Å². The molecule has 2 heteroatoms. The van der Waals surface area contributed by atoms with Gasteiger partial charge >= 0.3 is 0 Å². The Bertz CT molecular complexity index is 15.0. The van der Waals surface area contributed by atoms with Gasteiger partial charge in [0.1, 0.15) is 0 Å². The topological polar surface area (TPSA) is 27.6 Å². The van der Waals surface area contributed by atoms with E-state index in [2.05, 4.69) is 12.7 Å². The number of quaternary nitrogens is 1. The van der Waals surface area contributed by atoms with Gasteiger partial charge in [-0.25, -0.2) is 0 Å². The lowest BCUT2D eigenvalue weighted by molar-refractivity contribution is -0.368. The Morgan fingerprint density at radius 3 is 2.00 bits per heavy atom. The fraction of sp³-hybridized carbons (Fsp3) is 1.00. The van der Waals surface area contributed by atoms with Crippen LogP contribution < -0.4 is 5.73 Å². The minimum absolute atomic E-state index is 0. The molecule has 0 aliphatic rings. The second kappa shape index (κ2) is 8.90. The van der Waals surface area contributed by atoms with E-state index in [0.717, 1.165) is 6.54 Å². The molecular weight excluding hydrogens is 72.9 g/mol. The number of unbranched alkanes of at least 4 members (excludes halogenated alkanes) is 1. The van der Waals surface area contributed by atoms with Crippen molar-refractivity contribution in [2.75, 3.05) is 6.54 Å². The maximum atomic E-state index is 3.68. The average molecular weight is 85.0 g/mol. The van der Waals surface area contributed by atoms with Crippen LogP contribution in [-0.4, -0.2) is 15.0 Å². The van der Waals surface area contributed by atoms with Gasteiger partial charge in [0.05, 0.1) is 6.54 Å². The lowest BCUT2D eigenvalue weighted by Crippen LogP contribution is -2.49. The summed E-state index contributed by atoms with van der Waals surface area (Å²) in [5, 5.41) is 0. The van der Waals surface area contributed by atoms with Gasteiger partial charge in [0.25, 0.3) is 0 Å². The highest BCUT2D eigenvalue weighted by molar-refractivity contribution is 5.75. The number of hydrogen-bond donors (Lipinski definition) is 1. The van der Waals surface area contributed by atoms with Crippen LogP contribution in [0.1, 0.15) is 19.8 Å². The van der Waals surface area contributed by atoms with Crippen molar-refractivity contribution in [3.8, 4) is 0 Å². The monoisotopic (exact) mass is 85.1 g/mol. The van der Waals surface area contributed by atoms with E-state index in [1.165, 1.54) is 12.8 Å². The third-order valence-electron chi connectivity index (χ3n) is 0.604. The second-order valence-electron chi connectivity index (χ2n) is 1.21. The molecule has 36 valence electrons. The Morgan fingerprint density at radius 1 is 1.50 bits per heavy atom. The lowest BCUT2D eigenvalue weighted by Gasteiger charge is -1.77. The summed E-state index contributed by atoms with van der Waals surface area (Å²) >= 11 is 0. The molecule has 1 nitrogen and oxygen atoms in total. The van der Waals surface area contributed by atoms with Crippen LogP contribution in [0.2, 0.25) is 0 Å². The van der Waals surface area contributed by atoms with Gasteiger partial charge in [-0.1, -0.05) is 13.3 Å². The first-order chi connectivity index (χ1) is 2.41. The van der Waals surface area contributed by atoms with Crippen molar-refractivity contribution in [2.24, 2.45) is 0 Å². The van der Waals surface area contributed by atoms with Gasteiger partial charge < -0.3 is 14.1 Å². The summed E-state index contributed by atoms with van der Waals surface area (Å²) in [5.41, 5.74) is 3.68. The first-order valence-corrected chi connectivity index (χ1v) is 2.21. The summed E-state index contributed by atoms with van der Waals surface area (Å²) in [4.78, 5) is 0. The van der Waals surface area contributed by atoms with Crippen LogP contribution in [0, 0.1) is 0 Å². The van der Waals surface area contributed by atoms with Crippen LogP contribution in [0.15, 0.2) is 0 Å². The normalized spacial score (nSPS) is 7.00. The Labute approximate surface area is 41.5 Å². The van der Waals surface area contributed by atoms with Crippen LogP contribution >= 0.6 is 0 Å². The van der Waals surface area contributed by atoms with Crippen LogP contribution in [0.25, 0.3) is 0 Å². The van der Waals surface area contributed by atoms with E-state index in [9.17, 15) is 0 Å². The molecule has 0 aliphatic heterocycles. The number of rotatable bonds is 2. The zero-order valence-electron chi connectivity index (χ0n) is 4.41. The zero-order valence-corrected chi connectivity index (χ0v) is 4.41. The molecule has 0 unspecified atom stereocenters. The Balaban J connectivity index is 0. The lowest BCUT2D eigenvalue weighted by atomic mass is 10.3. The van der Waals surface area contributed by atoms with Crippen LogP contribution in [0.4, 0.5) is 0 Å². The predicted octanol–water partition coefficient (Wildman–Crippen LogP) is -0.352. The van der Waals surface area contributed by atoms with Crippen LogP contribution in [-0.2, 0) is 0 Å². The first kappa shape index (κ1) is 9.39. The standard InChI is InChI=1S/C4H11N.B/c1-2-3-4-5;/h2-5H2,1H3;/q;-1/p+1. The molecule has 0 heterocycles. The number of hydrogen-bond acceptors (Lipinski definition) is 0. The van der Waals surface area contributed by atoms with E-state index in [1.54, 1.807) is 0 Å². The van der Waals surface area contributed by atoms with E-state index in [4.69, 9.17) is 0 Å². The molecule has 0 aromatic carbocycles. The van der Waals surface area contributed by atoms with Crippen LogP contribution in [0.3, 0.4) is 0 Å². The maximum absolute atomic E-state index is 3.68. The molecule has 0 amide bonds. The molecule has 6 heavy (non-hydrogen) atoms. The second-order valence-corrected chi connectivity index (χ2v) is 1.21. The molecule has 0 spiro atoms. The average Bonchev–Trinajstić information content (AvgIpc) is 1.41. The van der Waals surface area contributed by atoms with Crippen molar-refractivity contribution in [1.82, 2.24) is 0 Å². The molecule has 0 aliphatic carbocycles. The van der Waals surface area contributed by atoms with Gasteiger partial charge in [0.2, 0.25) is 0 Å². The van der Waals surface area contributed by atoms with Gasteiger partial charge in [-0.15, -0.1) is 0 Å². The summed E-state index contributed by atoms with van der Waals surface area (Å²) in [6.45, 7) is 3.27. The van der Waals surface area contributed by atoms with Crippen molar-refractivity contribution in [2.45, 2.75) is 19.8 Å². The first-order valence-electron chi connectivity index (χ1n) is 2.21. The molecule has 0 atom stereocenters. The quantitative estimate of drug-likeness (QED) is 0.444. The maximum Gasteiger partial charge on any atom is 0.0739 e. The molecule has 0 fully saturated rings. The van der Waals surface area contributed by atoms with Crippen LogP contribution in [0.5, 0.6) is 0 Å². The Kier molecular flexibility index (Phi) is 13.9. The largest absolute Gasteiger partial charge is 1.00 e. The highest BCUT2D eigenvalue weighted by Crippen LogP contribution is 1.75. The minimum Gasteiger partial charge on any atom is -1.00 e. The van der Waals surface area contributed by atoms with Gasteiger partial charge in [-0.2, -0.15) is 0 Å². The fourth-order valence-electron chi connectivity index (χ4n) is 0.250. The highest BCUT2D eigenvalue weighted by Gasteiger charge is 1.71. The van der Waals surface area contributed by atoms with Crippen molar-refractivity contribution >= 4 is 8.41 Å². The van der Waals surface area contributed by atoms with Crippen molar-refractivity contribution < 1.29 is 5.73 Å².